The highest BCUT2D eigenvalue weighted by atomic mass is 16.5. The van der Waals surface area contributed by atoms with Gasteiger partial charge in [-0.2, -0.15) is 0 Å². The highest BCUT2D eigenvalue weighted by molar-refractivity contribution is 5.69. The summed E-state index contributed by atoms with van der Waals surface area (Å²) in [6.07, 6.45) is 3.50. The van der Waals surface area contributed by atoms with Crippen molar-refractivity contribution in [1.29, 1.82) is 0 Å². The van der Waals surface area contributed by atoms with Crippen LogP contribution in [0, 0.1) is 6.92 Å². The van der Waals surface area contributed by atoms with E-state index in [-0.39, 0.29) is 18.1 Å². The molecule has 0 unspecified atom stereocenters. The second-order valence-electron chi connectivity index (χ2n) is 3.75. The van der Waals surface area contributed by atoms with Gasteiger partial charge in [-0.1, -0.05) is 19.4 Å². The Balaban J connectivity index is 2.56. The Bertz CT molecular complexity index is 409. The Morgan fingerprint density at radius 1 is 1.44 bits per heavy atom. The van der Waals surface area contributed by atoms with Crippen LogP contribution in [0.25, 0.3) is 0 Å². The van der Waals surface area contributed by atoms with E-state index in [9.17, 15) is 9.59 Å². The largest absolute Gasteiger partial charge is 0.464 e. The normalized spacial score (nSPS) is 10.1. The summed E-state index contributed by atoms with van der Waals surface area (Å²) in [6, 6.07) is 3.18. The molecule has 88 valence electrons. The maximum Gasteiger partial charge on any atom is 0.326 e. The number of nitrogens with zero attached hydrogens (tertiary/aromatic N) is 1. The molecule has 0 aromatic carbocycles. The summed E-state index contributed by atoms with van der Waals surface area (Å²) in [5.74, 6) is -0.360. The Morgan fingerprint density at radius 2 is 2.19 bits per heavy atom. The second kappa shape index (κ2) is 6.10. The van der Waals surface area contributed by atoms with Crippen molar-refractivity contribution >= 4 is 5.97 Å². The molecular formula is C12H17NO3. The number of carbonyl (C=O) groups is 1. The molecule has 0 N–H and O–H groups in total. The molecule has 0 radical (unpaired) electrons. The van der Waals surface area contributed by atoms with Crippen molar-refractivity contribution in [1.82, 2.24) is 4.57 Å². The zero-order valence-corrected chi connectivity index (χ0v) is 9.73. The summed E-state index contributed by atoms with van der Waals surface area (Å²) in [7, 11) is 0. The molecule has 1 rings (SSSR count). The topological polar surface area (TPSA) is 48.3 Å². The molecule has 0 saturated heterocycles. The summed E-state index contributed by atoms with van der Waals surface area (Å²) < 4.78 is 6.35. The highest BCUT2D eigenvalue weighted by Gasteiger charge is 2.05. The van der Waals surface area contributed by atoms with Gasteiger partial charge in [-0.25, -0.2) is 0 Å². The van der Waals surface area contributed by atoms with Crippen molar-refractivity contribution in [3.8, 4) is 0 Å². The van der Waals surface area contributed by atoms with Gasteiger partial charge in [0.2, 0.25) is 0 Å². The predicted octanol–water partition coefficient (Wildman–Crippen LogP) is 1.50. The fourth-order valence-corrected chi connectivity index (χ4v) is 1.29. The number of esters is 1. The van der Waals surface area contributed by atoms with Gasteiger partial charge in [0.25, 0.3) is 5.56 Å². The summed E-state index contributed by atoms with van der Waals surface area (Å²) in [6.45, 7) is 4.32. The summed E-state index contributed by atoms with van der Waals surface area (Å²) in [5, 5.41) is 0. The number of pyridine rings is 1. The fourth-order valence-electron chi connectivity index (χ4n) is 1.29. The number of rotatable bonds is 5. The van der Waals surface area contributed by atoms with E-state index >= 15 is 0 Å². The quantitative estimate of drug-likeness (QED) is 0.561. The Kier molecular flexibility index (Phi) is 4.76. The molecule has 4 heteroatoms. The number of aryl methyl sites for hydroxylation is 1. The van der Waals surface area contributed by atoms with Crippen molar-refractivity contribution < 1.29 is 9.53 Å². The Morgan fingerprint density at radius 3 is 2.88 bits per heavy atom. The first-order valence-electron chi connectivity index (χ1n) is 5.46. The van der Waals surface area contributed by atoms with Gasteiger partial charge in [-0.05, 0) is 18.9 Å². The summed E-state index contributed by atoms with van der Waals surface area (Å²) >= 11 is 0. The van der Waals surface area contributed by atoms with Crippen molar-refractivity contribution in [3.05, 3.63) is 34.2 Å². The van der Waals surface area contributed by atoms with E-state index in [0.29, 0.717) is 6.61 Å². The first-order chi connectivity index (χ1) is 7.63. The van der Waals surface area contributed by atoms with Crippen LogP contribution in [0.2, 0.25) is 0 Å². The fraction of sp³-hybridized carbons (Fsp3) is 0.500. The molecule has 0 atom stereocenters. The zero-order chi connectivity index (χ0) is 12.0. The highest BCUT2D eigenvalue weighted by Crippen LogP contribution is 1.94. The van der Waals surface area contributed by atoms with Crippen LogP contribution in [-0.2, 0) is 16.1 Å². The Labute approximate surface area is 94.9 Å². The number of hydrogen-bond donors (Lipinski definition) is 0. The minimum atomic E-state index is -0.360. The molecule has 1 aromatic rings. The van der Waals surface area contributed by atoms with E-state index in [2.05, 4.69) is 0 Å². The van der Waals surface area contributed by atoms with E-state index in [1.165, 1.54) is 10.6 Å². The third-order valence-electron chi connectivity index (χ3n) is 2.19. The SMILES string of the molecule is CCCCOC(=O)Cn1cc(C)ccc1=O. The van der Waals surface area contributed by atoms with Crippen LogP contribution in [0.1, 0.15) is 25.3 Å². The number of carbonyl (C=O) groups excluding carboxylic acids is 1. The monoisotopic (exact) mass is 223 g/mol. The molecule has 0 saturated carbocycles. The standard InChI is InChI=1S/C12H17NO3/c1-3-4-7-16-12(15)9-13-8-10(2)5-6-11(13)14/h5-6,8H,3-4,7,9H2,1-2H3. The van der Waals surface area contributed by atoms with Crippen LogP contribution < -0.4 is 5.56 Å². The molecule has 0 aliphatic carbocycles. The lowest BCUT2D eigenvalue weighted by molar-refractivity contribution is -0.144. The van der Waals surface area contributed by atoms with Gasteiger partial charge in [-0.15, -0.1) is 0 Å². The van der Waals surface area contributed by atoms with Crippen molar-refractivity contribution in [2.75, 3.05) is 6.61 Å². The molecule has 1 aromatic heterocycles. The predicted molar refractivity (Wildman–Crippen MR) is 61.3 cm³/mol. The van der Waals surface area contributed by atoms with Crippen LogP contribution in [-0.4, -0.2) is 17.1 Å². The lowest BCUT2D eigenvalue weighted by Crippen LogP contribution is -2.24. The molecular weight excluding hydrogens is 206 g/mol. The van der Waals surface area contributed by atoms with Crippen LogP contribution >= 0.6 is 0 Å². The molecule has 0 aliphatic rings. The molecule has 4 nitrogen and oxygen atoms in total. The average Bonchev–Trinajstić information content (AvgIpc) is 2.24. The maximum absolute atomic E-state index is 11.4. The first-order valence-corrected chi connectivity index (χ1v) is 5.46. The van der Waals surface area contributed by atoms with Gasteiger partial charge in [-0.3, -0.25) is 9.59 Å². The molecule has 0 spiro atoms. The van der Waals surface area contributed by atoms with Gasteiger partial charge >= 0.3 is 5.97 Å². The van der Waals surface area contributed by atoms with Crippen molar-refractivity contribution in [2.24, 2.45) is 0 Å². The minimum absolute atomic E-state index is 0.00969. The van der Waals surface area contributed by atoms with E-state index in [1.807, 2.05) is 13.8 Å². The van der Waals surface area contributed by atoms with Gasteiger partial charge in [0, 0.05) is 12.3 Å². The zero-order valence-electron chi connectivity index (χ0n) is 9.73. The van der Waals surface area contributed by atoms with E-state index in [1.54, 1.807) is 12.3 Å². The molecule has 0 aliphatic heterocycles. The van der Waals surface area contributed by atoms with Crippen LogP contribution in [0.3, 0.4) is 0 Å². The second-order valence-corrected chi connectivity index (χ2v) is 3.75. The van der Waals surface area contributed by atoms with Gasteiger partial charge in [0.15, 0.2) is 0 Å². The lowest BCUT2D eigenvalue weighted by atomic mass is 10.3. The van der Waals surface area contributed by atoms with Crippen LogP contribution in [0.15, 0.2) is 23.1 Å². The average molecular weight is 223 g/mol. The first kappa shape index (κ1) is 12.5. The number of ether oxygens (including phenoxy) is 1. The third kappa shape index (κ3) is 3.88. The van der Waals surface area contributed by atoms with Gasteiger partial charge in [0.05, 0.1) is 6.61 Å². The number of hydrogen-bond acceptors (Lipinski definition) is 3. The van der Waals surface area contributed by atoms with Gasteiger partial charge < -0.3 is 9.30 Å². The van der Waals surface area contributed by atoms with Crippen LogP contribution in [0.4, 0.5) is 0 Å². The van der Waals surface area contributed by atoms with E-state index in [0.717, 1.165) is 18.4 Å². The number of unbranched alkanes of at least 4 members (excludes halogenated alkanes) is 1. The van der Waals surface area contributed by atoms with E-state index in [4.69, 9.17) is 4.74 Å². The molecule has 0 bridgehead atoms. The molecule has 0 fully saturated rings. The molecule has 16 heavy (non-hydrogen) atoms. The van der Waals surface area contributed by atoms with Crippen molar-refractivity contribution in [3.63, 3.8) is 0 Å². The lowest BCUT2D eigenvalue weighted by Gasteiger charge is -2.06. The summed E-state index contributed by atoms with van der Waals surface area (Å²) in [4.78, 5) is 22.8. The summed E-state index contributed by atoms with van der Waals surface area (Å²) in [5.41, 5.74) is 0.763. The molecule has 1 heterocycles. The molecule has 0 amide bonds. The third-order valence-corrected chi connectivity index (χ3v) is 2.19. The number of aromatic nitrogens is 1. The van der Waals surface area contributed by atoms with Gasteiger partial charge in [0.1, 0.15) is 6.54 Å². The smallest absolute Gasteiger partial charge is 0.326 e. The van der Waals surface area contributed by atoms with Crippen LogP contribution in [0.5, 0.6) is 0 Å². The minimum Gasteiger partial charge on any atom is -0.464 e. The Hall–Kier alpha value is -1.58. The van der Waals surface area contributed by atoms with E-state index < -0.39 is 0 Å². The maximum atomic E-state index is 11.4. The van der Waals surface area contributed by atoms with Crippen molar-refractivity contribution in [2.45, 2.75) is 33.2 Å².